The molecule has 1 saturated carbocycles. The van der Waals surface area contributed by atoms with Gasteiger partial charge in [0.05, 0.1) is 16.4 Å². The van der Waals surface area contributed by atoms with Crippen LogP contribution >= 0.6 is 0 Å². The summed E-state index contributed by atoms with van der Waals surface area (Å²) in [5.41, 5.74) is 5.58. The summed E-state index contributed by atoms with van der Waals surface area (Å²) in [6, 6.07) is 17.2. The minimum absolute atomic E-state index is 0.0199. The van der Waals surface area contributed by atoms with Crippen molar-refractivity contribution in [2.45, 2.75) is 102 Å². The van der Waals surface area contributed by atoms with Gasteiger partial charge in [0.15, 0.2) is 29.7 Å². The maximum absolute atomic E-state index is 16.4. The number of aryl methyl sites for hydroxylation is 1. The molecule has 0 radical (unpaired) electrons. The molecule has 0 saturated heterocycles. The lowest BCUT2D eigenvalue weighted by Crippen LogP contribution is -2.57. The van der Waals surface area contributed by atoms with Gasteiger partial charge in [-0.05, 0) is 53.5 Å². The lowest BCUT2D eigenvalue weighted by Gasteiger charge is -2.39. The van der Waals surface area contributed by atoms with Gasteiger partial charge >= 0.3 is 6.18 Å². The quantitative estimate of drug-likeness (QED) is 0.133. The van der Waals surface area contributed by atoms with Gasteiger partial charge < -0.3 is 0 Å². The van der Waals surface area contributed by atoms with E-state index in [0.29, 0.717) is 12.2 Å². The maximum atomic E-state index is 16.4. The second-order valence-electron chi connectivity index (χ2n) is 14.9. The first kappa shape index (κ1) is 30.0. The minimum Gasteiger partial charge on any atom is -0.251 e. The van der Waals surface area contributed by atoms with Crippen LogP contribution in [0, 0.1) is 11.7 Å². The highest BCUT2D eigenvalue weighted by Crippen LogP contribution is 2.76. The average molecular weight is 653 g/mol. The lowest BCUT2D eigenvalue weighted by molar-refractivity contribution is -0.757. The number of hydrogen-bond donors (Lipinski definition) is 0. The molecule has 48 heavy (non-hydrogen) atoms. The van der Waals surface area contributed by atoms with E-state index in [1.807, 2.05) is 30.5 Å². The standard InChI is InChI=1S/C40H40F4N4/c1-6-9-12-23-14-15-25-32-24(23)18-20-47-35(32)33-26(16-17-27(41)34(33)37(25,4)5)38(7-2)36(39(38,47)8-3)30-22-48-29(21-31(45-48)40(42,43)44)28-13-10-11-19-46(28)30/h10-11,13-21,30,36H,6-9,12,22H2,1-5H3/q+2. The Bertz CT molecular complexity index is 2200. The Morgan fingerprint density at radius 1 is 0.958 bits per heavy atom. The van der Waals surface area contributed by atoms with E-state index < -0.39 is 17.3 Å². The van der Waals surface area contributed by atoms with E-state index in [1.54, 1.807) is 10.7 Å². The minimum atomic E-state index is -4.53. The van der Waals surface area contributed by atoms with Crippen LogP contribution in [0.1, 0.15) is 94.3 Å². The van der Waals surface area contributed by atoms with Crippen LogP contribution < -0.4 is 9.13 Å². The van der Waals surface area contributed by atoms with Crippen LogP contribution in [0.15, 0.2) is 67.0 Å². The summed E-state index contributed by atoms with van der Waals surface area (Å²) in [4.78, 5) is 0. The van der Waals surface area contributed by atoms with Crippen molar-refractivity contribution in [3.63, 3.8) is 0 Å². The van der Waals surface area contributed by atoms with Crippen molar-refractivity contribution in [2.24, 2.45) is 5.92 Å². The molecule has 0 N–H and O–H groups in total. The average Bonchev–Trinajstić information content (AvgIpc) is 3.44. The van der Waals surface area contributed by atoms with Gasteiger partial charge in [-0.25, -0.2) is 4.39 Å². The number of hydrogen-bond acceptors (Lipinski definition) is 1. The maximum Gasteiger partial charge on any atom is 0.435 e. The largest absolute Gasteiger partial charge is 0.435 e. The molecule has 0 amide bonds. The number of pyridine rings is 2. The van der Waals surface area contributed by atoms with Crippen LogP contribution in [-0.2, 0) is 35.5 Å². The molecule has 8 heteroatoms. The fourth-order valence-corrected chi connectivity index (χ4v) is 10.9. The summed E-state index contributed by atoms with van der Waals surface area (Å²) < 4.78 is 64.5. The summed E-state index contributed by atoms with van der Waals surface area (Å²) in [6.45, 7) is 11.3. The summed E-state index contributed by atoms with van der Waals surface area (Å²) in [7, 11) is 0. The van der Waals surface area contributed by atoms with Gasteiger partial charge in [-0.3, -0.25) is 4.68 Å². The van der Waals surface area contributed by atoms with Crippen LogP contribution in [-0.4, -0.2) is 9.78 Å². The molecule has 9 rings (SSSR count). The van der Waals surface area contributed by atoms with Gasteiger partial charge in [-0.15, -0.1) is 0 Å². The molecule has 5 aromatic rings. The van der Waals surface area contributed by atoms with E-state index in [0.717, 1.165) is 60.2 Å². The van der Waals surface area contributed by atoms with Crippen molar-refractivity contribution in [3.8, 4) is 22.6 Å². The summed E-state index contributed by atoms with van der Waals surface area (Å²) in [6.07, 6.45) is 4.57. The first-order chi connectivity index (χ1) is 23.0. The third kappa shape index (κ3) is 3.34. The van der Waals surface area contributed by atoms with Gasteiger partial charge in [-0.2, -0.15) is 27.4 Å². The molecule has 246 valence electrons. The fraction of sp³-hybridized carbons (Fsp3) is 0.425. The van der Waals surface area contributed by atoms with Gasteiger partial charge in [0.25, 0.3) is 0 Å². The van der Waals surface area contributed by atoms with Crippen molar-refractivity contribution in [1.29, 1.82) is 0 Å². The van der Waals surface area contributed by atoms with Gasteiger partial charge in [0, 0.05) is 41.7 Å². The van der Waals surface area contributed by atoms with Gasteiger partial charge in [0.1, 0.15) is 24.0 Å². The van der Waals surface area contributed by atoms with E-state index in [1.165, 1.54) is 28.0 Å². The number of rotatable bonds is 6. The molecule has 4 atom stereocenters. The fourth-order valence-electron chi connectivity index (χ4n) is 10.9. The Labute approximate surface area is 278 Å². The number of halogens is 4. The summed E-state index contributed by atoms with van der Waals surface area (Å²) >= 11 is 0. The molecular weight excluding hydrogens is 612 g/mol. The highest BCUT2D eigenvalue weighted by molar-refractivity contribution is 6.03. The number of alkyl halides is 3. The van der Waals surface area contributed by atoms with E-state index in [9.17, 15) is 13.2 Å². The van der Waals surface area contributed by atoms with E-state index >= 15 is 4.39 Å². The lowest BCUT2D eigenvalue weighted by atomic mass is 9.65. The number of aromatic nitrogens is 4. The predicted octanol–water partition coefficient (Wildman–Crippen LogP) is 8.74. The Morgan fingerprint density at radius 2 is 1.75 bits per heavy atom. The van der Waals surface area contributed by atoms with Gasteiger partial charge in [-0.1, -0.05) is 59.2 Å². The molecule has 2 aliphatic heterocycles. The third-order valence-electron chi connectivity index (χ3n) is 12.8. The molecule has 0 bridgehead atoms. The van der Waals surface area contributed by atoms with Gasteiger partial charge in [0.2, 0.25) is 11.4 Å². The van der Waals surface area contributed by atoms with Crippen LogP contribution in [0.2, 0.25) is 0 Å². The molecule has 0 spiro atoms. The van der Waals surface area contributed by atoms with Crippen molar-refractivity contribution in [3.05, 3.63) is 101 Å². The molecule has 1 fully saturated rings. The predicted molar refractivity (Wildman–Crippen MR) is 176 cm³/mol. The van der Waals surface area contributed by atoms with Crippen molar-refractivity contribution in [1.82, 2.24) is 9.78 Å². The topological polar surface area (TPSA) is 25.6 Å². The first-order valence-electron chi connectivity index (χ1n) is 17.5. The van der Waals surface area contributed by atoms with Crippen LogP contribution in [0.5, 0.6) is 0 Å². The Morgan fingerprint density at radius 3 is 2.48 bits per heavy atom. The number of unbranched alkanes of at least 4 members (excludes halogenated alkanes) is 1. The van der Waals surface area contributed by atoms with Crippen LogP contribution in [0.25, 0.3) is 33.4 Å². The van der Waals surface area contributed by atoms with Crippen molar-refractivity contribution >= 4 is 10.8 Å². The zero-order chi connectivity index (χ0) is 33.5. The highest BCUT2D eigenvalue weighted by Gasteiger charge is 2.89. The second kappa shape index (κ2) is 9.54. The zero-order valence-corrected chi connectivity index (χ0v) is 28.0. The Hall–Kier alpha value is -4.07. The smallest absolute Gasteiger partial charge is 0.251 e. The SMILES string of the molecule is CCCCc1ccc2c3c4[n+](ccc13)C1(CC)C(C3Cn5nc(C(F)(F)F)cc5-c5cccc[n+]53)C1(CC)c1ccc(F)c(c1-4)C2(C)C. The summed E-state index contributed by atoms with van der Waals surface area (Å²) in [5, 5.41) is 6.60. The van der Waals surface area contributed by atoms with E-state index in [2.05, 4.69) is 73.2 Å². The normalized spacial score (nSPS) is 25.4. The molecule has 3 aromatic heterocycles. The first-order valence-corrected chi connectivity index (χ1v) is 17.5. The highest BCUT2D eigenvalue weighted by atomic mass is 19.4. The monoisotopic (exact) mass is 652 g/mol. The number of benzene rings is 2. The molecule has 5 heterocycles. The Kier molecular flexibility index (Phi) is 5.97. The number of fused-ring (bicyclic) bond motifs is 6. The van der Waals surface area contributed by atoms with Crippen LogP contribution in [0.4, 0.5) is 17.6 Å². The summed E-state index contributed by atoms with van der Waals surface area (Å²) in [5.74, 6) is -0.166. The van der Waals surface area contributed by atoms with Crippen molar-refractivity contribution in [2.75, 3.05) is 0 Å². The molecular formula is C40H40F4N4+2. The molecule has 2 aliphatic carbocycles. The Balaban J connectivity index is 1.35. The third-order valence-corrected chi connectivity index (χ3v) is 12.8. The molecule has 4 nitrogen and oxygen atoms in total. The van der Waals surface area contributed by atoms with E-state index in [-0.39, 0.29) is 28.7 Å². The number of nitrogens with zero attached hydrogens (tertiary/aromatic N) is 4. The molecule has 4 unspecified atom stereocenters. The molecule has 2 aromatic carbocycles. The second-order valence-corrected chi connectivity index (χ2v) is 14.9. The molecule has 4 aliphatic rings. The van der Waals surface area contributed by atoms with E-state index in [4.69, 9.17) is 0 Å². The zero-order valence-electron chi connectivity index (χ0n) is 28.0. The van der Waals surface area contributed by atoms with Crippen molar-refractivity contribution < 1.29 is 26.7 Å². The van der Waals surface area contributed by atoms with Crippen LogP contribution in [0.3, 0.4) is 0 Å².